The molecule has 1 aromatic heterocycles. The van der Waals surface area contributed by atoms with E-state index in [-0.39, 0.29) is 18.9 Å². The normalized spacial score (nSPS) is 17.9. The van der Waals surface area contributed by atoms with Crippen molar-refractivity contribution in [1.82, 2.24) is 9.29 Å². The Morgan fingerprint density at radius 1 is 1.45 bits per heavy atom. The molecule has 0 saturated carbocycles. The summed E-state index contributed by atoms with van der Waals surface area (Å²) in [6, 6.07) is 3.41. The van der Waals surface area contributed by atoms with Gasteiger partial charge < -0.3 is 5.11 Å². The standard InChI is InChI=1S/C12H17N3O4S/c1-9-2-5-13-11(8-9)14-20(18,19)15-6-3-10(4-7-15)12(16)17/h2,5,8,10H,3-4,6-7H2,1H3,(H,13,14)(H,16,17). The minimum Gasteiger partial charge on any atom is -0.481 e. The Morgan fingerprint density at radius 3 is 2.65 bits per heavy atom. The van der Waals surface area contributed by atoms with Crippen molar-refractivity contribution in [3.05, 3.63) is 23.9 Å². The SMILES string of the molecule is Cc1ccnc(NS(=O)(=O)N2CCC(C(=O)O)CC2)c1. The number of rotatable bonds is 4. The van der Waals surface area contributed by atoms with Gasteiger partial charge in [0.05, 0.1) is 5.92 Å². The Balaban J connectivity index is 2.03. The molecule has 0 aliphatic carbocycles. The molecule has 8 heteroatoms. The monoisotopic (exact) mass is 299 g/mol. The van der Waals surface area contributed by atoms with Crippen LogP contribution in [-0.4, -0.2) is 41.9 Å². The number of carboxylic acids is 1. The van der Waals surface area contributed by atoms with Gasteiger partial charge in [-0.25, -0.2) is 4.98 Å². The van der Waals surface area contributed by atoms with E-state index in [1.807, 2.05) is 6.92 Å². The third kappa shape index (κ3) is 3.45. The van der Waals surface area contributed by atoms with E-state index in [1.165, 1.54) is 10.5 Å². The highest BCUT2D eigenvalue weighted by Crippen LogP contribution is 2.20. The smallest absolute Gasteiger partial charge is 0.306 e. The first kappa shape index (κ1) is 14.7. The van der Waals surface area contributed by atoms with Crippen LogP contribution in [0.1, 0.15) is 18.4 Å². The molecule has 1 aliphatic heterocycles. The topological polar surface area (TPSA) is 99.6 Å². The van der Waals surface area contributed by atoms with E-state index in [1.54, 1.807) is 12.1 Å². The van der Waals surface area contributed by atoms with Crippen LogP contribution in [0.4, 0.5) is 5.82 Å². The van der Waals surface area contributed by atoms with Crippen LogP contribution in [0, 0.1) is 12.8 Å². The lowest BCUT2D eigenvalue weighted by molar-refractivity contribution is -0.142. The molecule has 1 fully saturated rings. The Morgan fingerprint density at radius 2 is 2.10 bits per heavy atom. The molecule has 2 N–H and O–H groups in total. The number of anilines is 1. The number of carboxylic acid groups (broad SMARTS) is 1. The van der Waals surface area contributed by atoms with Gasteiger partial charge in [-0.15, -0.1) is 0 Å². The summed E-state index contributed by atoms with van der Waals surface area (Å²) in [4.78, 5) is 14.8. The maximum atomic E-state index is 12.2. The second kappa shape index (κ2) is 5.76. The number of aryl methyl sites for hydroxylation is 1. The second-order valence-electron chi connectivity index (χ2n) is 4.84. The van der Waals surface area contributed by atoms with E-state index in [9.17, 15) is 13.2 Å². The van der Waals surface area contributed by atoms with Gasteiger partial charge in [-0.05, 0) is 37.5 Å². The highest BCUT2D eigenvalue weighted by Gasteiger charge is 2.31. The number of aliphatic carboxylic acids is 1. The van der Waals surface area contributed by atoms with Gasteiger partial charge in [-0.1, -0.05) is 0 Å². The zero-order valence-electron chi connectivity index (χ0n) is 11.1. The molecule has 110 valence electrons. The van der Waals surface area contributed by atoms with E-state index in [4.69, 9.17) is 5.11 Å². The lowest BCUT2D eigenvalue weighted by atomic mass is 9.99. The Bertz CT molecular complexity index is 594. The van der Waals surface area contributed by atoms with Crippen molar-refractivity contribution in [1.29, 1.82) is 0 Å². The summed E-state index contributed by atoms with van der Waals surface area (Å²) in [5.41, 5.74) is 0.905. The number of nitrogens with zero attached hydrogens (tertiary/aromatic N) is 2. The summed E-state index contributed by atoms with van der Waals surface area (Å²) < 4.78 is 28.0. The molecular formula is C12H17N3O4S. The van der Waals surface area contributed by atoms with Crippen LogP contribution in [0.3, 0.4) is 0 Å². The van der Waals surface area contributed by atoms with Crippen molar-refractivity contribution in [2.45, 2.75) is 19.8 Å². The summed E-state index contributed by atoms with van der Waals surface area (Å²) in [5, 5.41) is 8.90. The van der Waals surface area contributed by atoms with Crippen LogP contribution in [0.2, 0.25) is 0 Å². The van der Waals surface area contributed by atoms with Crippen LogP contribution < -0.4 is 4.72 Å². The quantitative estimate of drug-likeness (QED) is 0.858. The summed E-state index contributed by atoms with van der Waals surface area (Å²) in [5.74, 6) is -1.06. The number of nitrogens with one attached hydrogen (secondary N) is 1. The summed E-state index contributed by atoms with van der Waals surface area (Å²) in [7, 11) is -3.67. The molecule has 0 amide bonds. The van der Waals surface area contributed by atoms with Crippen molar-refractivity contribution in [2.24, 2.45) is 5.92 Å². The average Bonchev–Trinajstić information content (AvgIpc) is 2.38. The minimum atomic E-state index is -3.67. The van der Waals surface area contributed by atoms with Crippen molar-refractivity contribution >= 4 is 22.0 Å². The van der Waals surface area contributed by atoms with E-state index < -0.39 is 22.1 Å². The fraction of sp³-hybridized carbons (Fsp3) is 0.500. The molecule has 20 heavy (non-hydrogen) atoms. The van der Waals surface area contributed by atoms with Gasteiger partial charge >= 0.3 is 16.2 Å². The molecule has 0 radical (unpaired) electrons. The van der Waals surface area contributed by atoms with E-state index in [0.717, 1.165) is 5.56 Å². The minimum absolute atomic E-state index is 0.206. The highest BCUT2D eigenvalue weighted by atomic mass is 32.2. The first-order chi connectivity index (χ1) is 9.38. The number of piperidine rings is 1. The number of carbonyl (C=O) groups is 1. The van der Waals surface area contributed by atoms with E-state index in [2.05, 4.69) is 9.71 Å². The average molecular weight is 299 g/mol. The molecule has 1 aromatic rings. The predicted octanol–water partition coefficient (Wildman–Crippen LogP) is 0.843. The number of pyridine rings is 1. The lowest BCUT2D eigenvalue weighted by Crippen LogP contribution is -2.43. The van der Waals surface area contributed by atoms with Crippen molar-refractivity contribution in [3.8, 4) is 0 Å². The lowest BCUT2D eigenvalue weighted by Gasteiger charge is -2.29. The predicted molar refractivity (Wildman–Crippen MR) is 73.4 cm³/mol. The number of aromatic nitrogens is 1. The molecule has 1 aliphatic rings. The number of hydrogen-bond donors (Lipinski definition) is 2. The zero-order chi connectivity index (χ0) is 14.8. The molecule has 1 saturated heterocycles. The van der Waals surface area contributed by atoms with Crippen molar-refractivity contribution in [3.63, 3.8) is 0 Å². The highest BCUT2D eigenvalue weighted by molar-refractivity contribution is 7.90. The molecule has 2 heterocycles. The molecule has 0 spiro atoms. The molecule has 0 unspecified atom stereocenters. The Hall–Kier alpha value is -1.67. The van der Waals surface area contributed by atoms with Crippen LogP contribution in [-0.2, 0) is 15.0 Å². The Labute approximate surface area is 117 Å². The van der Waals surface area contributed by atoms with Crippen LogP contribution >= 0.6 is 0 Å². The molecular weight excluding hydrogens is 282 g/mol. The largest absolute Gasteiger partial charge is 0.481 e. The van der Waals surface area contributed by atoms with Gasteiger partial charge in [-0.2, -0.15) is 12.7 Å². The van der Waals surface area contributed by atoms with Crippen LogP contribution in [0.5, 0.6) is 0 Å². The molecule has 7 nitrogen and oxygen atoms in total. The third-order valence-electron chi connectivity index (χ3n) is 3.29. The summed E-state index contributed by atoms with van der Waals surface area (Å²) in [6.07, 6.45) is 2.19. The van der Waals surface area contributed by atoms with Gasteiger partial charge in [0.25, 0.3) is 0 Å². The van der Waals surface area contributed by atoms with E-state index in [0.29, 0.717) is 12.8 Å². The van der Waals surface area contributed by atoms with Crippen molar-refractivity contribution < 1.29 is 18.3 Å². The summed E-state index contributed by atoms with van der Waals surface area (Å²) in [6.45, 7) is 2.26. The molecule has 0 bridgehead atoms. The van der Waals surface area contributed by atoms with Gasteiger partial charge in [0, 0.05) is 19.3 Å². The maximum Gasteiger partial charge on any atom is 0.306 e. The van der Waals surface area contributed by atoms with Gasteiger partial charge in [-0.3, -0.25) is 9.52 Å². The summed E-state index contributed by atoms with van der Waals surface area (Å²) >= 11 is 0. The zero-order valence-corrected chi connectivity index (χ0v) is 11.9. The maximum absolute atomic E-state index is 12.2. The van der Waals surface area contributed by atoms with Gasteiger partial charge in [0.2, 0.25) is 0 Å². The Kier molecular flexibility index (Phi) is 4.24. The molecule has 2 rings (SSSR count). The van der Waals surface area contributed by atoms with Gasteiger partial charge in [0.15, 0.2) is 0 Å². The van der Waals surface area contributed by atoms with Crippen LogP contribution in [0.25, 0.3) is 0 Å². The van der Waals surface area contributed by atoms with Crippen molar-refractivity contribution in [2.75, 3.05) is 17.8 Å². The molecule has 0 aromatic carbocycles. The first-order valence-corrected chi connectivity index (χ1v) is 7.76. The first-order valence-electron chi connectivity index (χ1n) is 6.32. The fourth-order valence-electron chi connectivity index (χ4n) is 2.13. The van der Waals surface area contributed by atoms with Gasteiger partial charge in [0.1, 0.15) is 5.82 Å². The third-order valence-corrected chi connectivity index (χ3v) is 4.80. The van der Waals surface area contributed by atoms with Crippen LogP contribution in [0.15, 0.2) is 18.3 Å². The van der Waals surface area contributed by atoms with E-state index >= 15 is 0 Å². The number of hydrogen-bond acceptors (Lipinski definition) is 4. The fourth-order valence-corrected chi connectivity index (χ4v) is 3.33. The molecule has 0 atom stereocenters. The second-order valence-corrected chi connectivity index (χ2v) is 6.51.